The van der Waals surface area contributed by atoms with Gasteiger partial charge in [0.2, 0.25) is 17.7 Å². The molecule has 0 saturated carbocycles. The molecule has 1 aliphatic rings. The zero-order valence-corrected chi connectivity index (χ0v) is 13.2. The molecule has 120 valence electrons. The summed E-state index contributed by atoms with van der Waals surface area (Å²) in [5.41, 5.74) is 5.68. The van der Waals surface area contributed by atoms with Crippen LogP contribution in [0.15, 0.2) is 0 Å². The van der Waals surface area contributed by atoms with Gasteiger partial charge in [-0.05, 0) is 26.2 Å². The highest BCUT2D eigenvalue weighted by atomic mass is 16.2. The summed E-state index contributed by atoms with van der Waals surface area (Å²) in [5, 5.41) is 5.14. The minimum Gasteiger partial charge on any atom is -0.346 e. The van der Waals surface area contributed by atoms with E-state index < -0.39 is 12.1 Å². The first kappa shape index (κ1) is 17.4. The number of hydrogen-bond acceptors (Lipinski definition) is 4. The molecule has 2 atom stereocenters. The number of nitrogens with one attached hydrogen (secondary N) is 2. The molecule has 0 aromatic heterocycles. The van der Waals surface area contributed by atoms with Crippen molar-refractivity contribution in [1.29, 1.82) is 0 Å². The highest BCUT2D eigenvalue weighted by Crippen LogP contribution is 2.14. The van der Waals surface area contributed by atoms with Gasteiger partial charge in [-0.1, -0.05) is 13.8 Å². The summed E-state index contributed by atoms with van der Waals surface area (Å²) in [4.78, 5) is 37.2. The third-order valence-electron chi connectivity index (χ3n) is 3.64. The first-order chi connectivity index (χ1) is 9.73. The second kappa shape index (κ2) is 7.40. The molecule has 1 rings (SSSR count). The Hall–Kier alpha value is -1.63. The fraction of sp³-hybridized carbons (Fsp3) is 0.786. The molecule has 21 heavy (non-hydrogen) atoms. The molecular weight excluding hydrogens is 272 g/mol. The van der Waals surface area contributed by atoms with Gasteiger partial charge in [0.15, 0.2) is 0 Å². The van der Waals surface area contributed by atoms with E-state index in [-0.39, 0.29) is 36.2 Å². The molecule has 0 spiro atoms. The topological polar surface area (TPSA) is 105 Å². The van der Waals surface area contributed by atoms with Crippen LogP contribution in [0.3, 0.4) is 0 Å². The summed E-state index contributed by atoms with van der Waals surface area (Å²) in [5.74, 6) is -0.794. The van der Waals surface area contributed by atoms with Crippen molar-refractivity contribution in [2.24, 2.45) is 11.7 Å². The van der Waals surface area contributed by atoms with Gasteiger partial charge in [-0.2, -0.15) is 0 Å². The number of hydrogen-bond donors (Lipinski definition) is 3. The molecule has 0 aromatic rings. The molecule has 1 unspecified atom stereocenters. The van der Waals surface area contributed by atoms with Crippen molar-refractivity contribution in [3.8, 4) is 0 Å². The van der Waals surface area contributed by atoms with Crippen LogP contribution >= 0.6 is 0 Å². The van der Waals surface area contributed by atoms with E-state index in [4.69, 9.17) is 5.73 Å². The van der Waals surface area contributed by atoms with Crippen LogP contribution < -0.4 is 16.4 Å². The predicted molar refractivity (Wildman–Crippen MR) is 79.2 cm³/mol. The van der Waals surface area contributed by atoms with E-state index in [0.29, 0.717) is 13.0 Å². The molecule has 7 heteroatoms. The van der Waals surface area contributed by atoms with Gasteiger partial charge in [-0.3, -0.25) is 14.4 Å². The summed E-state index contributed by atoms with van der Waals surface area (Å²) in [6, 6.07) is -0.999. The standard InChI is InChI=1S/C14H26N4O3/c1-8(2)12(15)13(20)16-7-11(19)17-10-5-6-18(9(3)4)14(10)21/h8-10,12H,5-7,15H2,1-4H3,(H,16,20)(H,17,19)/t10?,12-/m0/s1. The normalized spacial score (nSPS) is 20.0. The molecule has 1 aliphatic heterocycles. The van der Waals surface area contributed by atoms with Crippen molar-refractivity contribution in [2.45, 2.75) is 52.2 Å². The van der Waals surface area contributed by atoms with E-state index >= 15 is 0 Å². The lowest BCUT2D eigenvalue weighted by molar-refractivity contribution is -0.133. The summed E-state index contributed by atoms with van der Waals surface area (Å²) in [6.45, 7) is 8.03. The average molecular weight is 298 g/mol. The van der Waals surface area contributed by atoms with E-state index in [0.717, 1.165) is 0 Å². The molecule has 1 fully saturated rings. The number of carbonyl (C=O) groups excluding carboxylic acids is 3. The van der Waals surface area contributed by atoms with Gasteiger partial charge >= 0.3 is 0 Å². The molecule has 0 aromatic carbocycles. The van der Waals surface area contributed by atoms with E-state index in [1.54, 1.807) is 4.90 Å². The average Bonchev–Trinajstić information content (AvgIpc) is 2.76. The van der Waals surface area contributed by atoms with Crippen molar-refractivity contribution < 1.29 is 14.4 Å². The number of likely N-dealkylation sites (tertiary alicyclic amines) is 1. The monoisotopic (exact) mass is 298 g/mol. The van der Waals surface area contributed by atoms with Crippen molar-refractivity contribution in [1.82, 2.24) is 15.5 Å². The SMILES string of the molecule is CC(C)[C@H](N)C(=O)NCC(=O)NC1CCN(C(C)C)C1=O. The molecule has 3 amide bonds. The van der Waals surface area contributed by atoms with Crippen LogP contribution in [0.1, 0.15) is 34.1 Å². The van der Waals surface area contributed by atoms with Gasteiger partial charge in [-0.15, -0.1) is 0 Å². The number of nitrogens with two attached hydrogens (primary N) is 1. The van der Waals surface area contributed by atoms with Gasteiger partial charge in [0.25, 0.3) is 0 Å². The van der Waals surface area contributed by atoms with Crippen molar-refractivity contribution >= 4 is 17.7 Å². The van der Waals surface area contributed by atoms with E-state index in [2.05, 4.69) is 10.6 Å². The minimum absolute atomic E-state index is 0.00377. The summed E-state index contributed by atoms with van der Waals surface area (Å²) in [6.07, 6.45) is 0.599. The first-order valence-corrected chi connectivity index (χ1v) is 7.37. The largest absolute Gasteiger partial charge is 0.346 e. The molecule has 0 aliphatic carbocycles. The van der Waals surface area contributed by atoms with Gasteiger partial charge < -0.3 is 21.3 Å². The Morgan fingerprint density at radius 1 is 1.33 bits per heavy atom. The van der Waals surface area contributed by atoms with Crippen LogP contribution in [-0.2, 0) is 14.4 Å². The number of carbonyl (C=O) groups is 3. The molecule has 7 nitrogen and oxygen atoms in total. The third kappa shape index (κ3) is 4.70. The fourth-order valence-corrected chi connectivity index (χ4v) is 2.18. The molecule has 4 N–H and O–H groups in total. The quantitative estimate of drug-likeness (QED) is 0.598. The molecule has 0 bridgehead atoms. The van der Waals surface area contributed by atoms with Crippen LogP contribution in [0, 0.1) is 5.92 Å². The van der Waals surface area contributed by atoms with Crippen LogP contribution in [0.25, 0.3) is 0 Å². The van der Waals surface area contributed by atoms with Gasteiger partial charge in [0.1, 0.15) is 6.04 Å². The Morgan fingerprint density at radius 2 is 1.95 bits per heavy atom. The zero-order chi connectivity index (χ0) is 16.2. The summed E-state index contributed by atoms with van der Waals surface area (Å²) in [7, 11) is 0. The second-order valence-corrected chi connectivity index (χ2v) is 6.02. The Balaban J connectivity index is 2.38. The molecular formula is C14H26N4O3. The summed E-state index contributed by atoms with van der Waals surface area (Å²) >= 11 is 0. The van der Waals surface area contributed by atoms with Crippen LogP contribution in [-0.4, -0.2) is 53.8 Å². The number of rotatable bonds is 6. The van der Waals surface area contributed by atoms with E-state index in [9.17, 15) is 14.4 Å². The summed E-state index contributed by atoms with van der Waals surface area (Å²) < 4.78 is 0. The maximum atomic E-state index is 12.0. The maximum absolute atomic E-state index is 12.0. The van der Waals surface area contributed by atoms with E-state index in [1.165, 1.54) is 0 Å². The molecule has 0 radical (unpaired) electrons. The minimum atomic E-state index is -0.637. The number of nitrogens with zero attached hydrogens (tertiary/aromatic N) is 1. The van der Waals surface area contributed by atoms with Crippen LogP contribution in [0.5, 0.6) is 0 Å². The second-order valence-electron chi connectivity index (χ2n) is 6.02. The lowest BCUT2D eigenvalue weighted by atomic mass is 10.1. The molecule has 1 heterocycles. The smallest absolute Gasteiger partial charge is 0.245 e. The zero-order valence-electron chi connectivity index (χ0n) is 13.2. The molecule has 1 saturated heterocycles. The van der Waals surface area contributed by atoms with Gasteiger partial charge in [0, 0.05) is 12.6 Å². The highest BCUT2D eigenvalue weighted by Gasteiger charge is 2.33. The fourth-order valence-electron chi connectivity index (χ4n) is 2.18. The van der Waals surface area contributed by atoms with E-state index in [1.807, 2.05) is 27.7 Å². The Morgan fingerprint density at radius 3 is 2.43 bits per heavy atom. The van der Waals surface area contributed by atoms with Gasteiger partial charge in [-0.25, -0.2) is 0 Å². The van der Waals surface area contributed by atoms with Gasteiger partial charge in [0.05, 0.1) is 12.6 Å². The Bertz CT molecular complexity index is 409. The highest BCUT2D eigenvalue weighted by molar-refractivity contribution is 5.92. The van der Waals surface area contributed by atoms with Crippen molar-refractivity contribution in [3.05, 3.63) is 0 Å². The maximum Gasteiger partial charge on any atom is 0.245 e. The van der Waals surface area contributed by atoms with Crippen LogP contribution in [0.2, 0.25) is 0 Å². The van der Waals surface area contributed by atoms with Crippen molar-refractivity contribution in [3.63, 3.8) is 0 Å². The lowest BCUT2D eigenvalue weighted by Gasteiger charge is -2.21. The Labute approximate surface area is 125 Å². The first-order valence-electron chi connectivity index (χ1n) is 7.37. The predicted octanol–water partition coefficient (Wildman–Crippen LogP) is -0.789. The lowest BCUT2D eigenvalue weighted by Crippen LogP contribution is -2.50. The Kier molecular flexibility index (Phi) is 6.14. The van der Waals surface area contributed by atoms with Crippen molar-refractivity contribution in [2.75, 3.05) is 13.1 Å². The van der Waals surface area contributed by atoms with Crippen LogP contribution in [0.4, 0.5) is 0 Å². The number of amides is 3. The third-order valence-corrected chi connectivity index (χ3v) is 3.64.